The van der Waals surface area contributed by atoms with Crippen molar-refractivity contribution in [2.24, 2.45) is 0 Å². The van der Waals surface area contributed by atoms with E-state index in [-0.39, 0.29) is 5.69 Å². The molecule has 1 aromatic heterocycles. The minimum atomic E-state index is -1.49. The molecule has 2 aromatic rings. The van der Waals surface area contributed by atoms with Crippen LogP contribution in [0.1, 0.15) is 27.7 Å². The first kappa shape index (κ1) is 14.5. The van der Waals surface area contributed by atoms with E-state index in [2.05, 4.69) is 5.32 Å². The van der Waals surface area contributed by atoms with Gasteiger partial charge < -0.3 is 10.4 Å². The minimum absolute atomic E-state index is 0.0389. The van der Waals surface area contributed by atoms with Gasteiger partial charge in [-0.3, -0.25) is 0 Å². The van der Waals surface area contributed by atoms with Gasteiger partial charge in [-0.1, -0.05) is 6.92 Å². The molecule has 1 aromatic carbocycles. The van der Waals surface area contributed by atoms with Crippen LogP contribution >= 0.6 is 11.3 Å². The Morgan fingerprint density at radius 3 is 2.70 bits per heavy atom. The van der Waals surface area contributed by atoms with Crippen molar-refractivity contribution in [2.75, 3.05) is 5.32 Å². The predicted molar refractivity (Wildman–Crippen MR) is 74.3 cm³/mol. The summed E-state index contributed by atoms with van der Waals surface area (Å²) in [5.41, 5.74) is 0.451. The second-order valence-corrected chi connectivity index (χ2v) is 5.17. The Bertz CT molecular complexity index is 640. The van der Waals surface area contributed by atoms with Crippen molar-refractivity contribution in [3.63, 3.8) is 0 Å². The number of rotatable bonds is 5. The third kappa shape index (κ3) is 2.80. The number of aromatic carboxylic acids is 1. The highest BCUT2D eigenvalue weighted by molar-refractivity contribution is 7.10. The summed E-state index contributed by atoms with van der Waals surface area (Å²) in [5.74, 6) is -4.00. The Morgan fingerprint density at radius 1 is 1.30 bits per heavy atom. The smallest absolute Gasteiger partial charge is 0.338 e. The monoisotopic (exact) mass is 297 g/mol. The largest absolute Gasteiger partial charge is 0.478 e. The highest BCUT2D eigenvalue weighted by Crippen LogP contribution is 2.23. The van der Waals surface area contributed by atoms with Crippen LogP contribution < -0.4 is 5.32 Å². The van der Waals surface area contributed by atoms with Gasteiger partial charge in [0.25, 0.3) is 0 Å². The average Bonchev–Trinajstić information content (AvgIpc) is 2.87. The van der Waals surface area contributed by atoms with Gasteiger partial charge in [-0.05, 0) is 35.6 Å². The molecule has 3 nitrogen and oxygen atoms in total. The number of benzene rings is 1. The fourth-order valence-electron chi connectivity index (χ4n) is 1.86. The molecule has 0 amide bonds. The zero-order valence-corrected chi connectivity index (χ0v) is 11.6. The number of carboxylic acid groups (broad SMARTS) is 1. The zero-order chi connectivity index (χ0) is 14.7. The molecule has 2 rings (SSSR count). The number of carboxylic acids is 1. The van der Waals surface area contributed by atoms with Crippen LogP contribution in [0.3, 0.4) is 0 Å². The van der Waals surface area contributed by atoms with Gasteiger partial charge >= 0.3 is 5.97 Å². The molecular weight excluding hydrogens is 284 g/mol. The van der Waals surface area contributed by atoms with E-state index in [1.165, 1.54) is 17.4 Å². The topological polar surface area (TPSA) is 49.3 Å². The van der Waals surface area contributed by atoms with Crippen LogP contribution in [0.5, 0.6) is 0 Å². The average molecular weight is 297 g/mol. The van der Waals surface area contributed by atoms with Crippen molar-refractivity contribution in [3.8, 4) is 0 Å². The molecule has 1 heterocycles. The molecule has 0 aliphatic heterocycles. The van der Waals surface area contributed by atoms with Crippen LogP contribution in [-0.4, -0.2) is 11.1 Å². The number of thiophene rings is 1. The third-order valence-corrected chi connectivity index (χ3v) is 3.93. The Labute approximate surface area is 118 Å². The van der Waals surface area contributed by atoms with E-state index >= 15 is 0 Å². The van der Waals surface area contributed by atoms with Gasteiger partial charge in [0, 0.05) is 11.4 Å². The lowest BCUT2D eigenvalue weighted by Gasteiger charge is -2.09. The molecule has 2 N–H and O–H groups in total. The summed E-state index contributed by atoms with van der Waals surface area (Å²) in [6.45, 7) is 2.40. The molecule has 0 fully saturated rings. The lowest BCUT2D eigenvalue weighted by Crippen LogP contribution is -2.07. The molecule has 0 radical (unpaired) electrons. The van der Waals surface area contributed by atoms with E-state index in [1.54, 1.807) is 0 Å². The standard InChI is InChI=1S/C14H13F2NO2S/c1-2-8-5-6-20-11(8)7-17-10-4-3-9(14(18)19)12(15)13(10)16/h3-6,17H,2,7H2,1H3,(H,18,19). The van der Waals surface area contributed by atoms with Crippen molar-refractivity contribution in [2.45, 2.75) is 19.9 Å². The number of hydrogen-bond donors (Lipinski definition) is 2. The highest BCUT2D eigenvalue weighted by Gasteiger charge is 2.17. The molecule has 0 atom stereocenters. The van der Waals surface area contributed by atoms with Crippen molar-refractivity contribution < 1.29 is 18.7 Å². The van der Waals surface area contributed by atoms with Crippen molar-refractivity contribution in [3.05, 3.63) is 51.2 Å². The third-order valence-electron chi connectivity index (χ3n) is 2.97. The summed E-state index contributed by atoms with van der Waals surface area (Å²) in [5, 5.41) is 13.4. The molecule has 0 spiro atoms. The summed E-state index contributed by atoms with van der Waals surface area (Å²) in [6, 6.07) is 4.28. The van der Waals surface area contributed by atoms with Gasteiger partial charge in [-0.25, -0.2) is 13.6 Å². The van der Waals surface area contributed by atoms with E-state index in [9.17, 15) is 13.6 Å². The summed E-state index contributed by atoms with van der Waals surface area (Å²) in [4.78, 5) is 11.7. The Morgan fingerprint density at radius 2 is 2.05 bits per heavy atom. The molecule has 106 valence electrons. The number of carbonyl (C=O) groups is 1. The highest BCUT2D eigenvalue weighted by atomic mass is 32.1. The fraction of sp³-hybridized carbons (Fsp3) is 0.214. The Balaban J connectivity index is 2.19. The van der Waals surface area contributed by atoms with Crippen molar-refractivity contribution >= 4 is 23.0 Å². The van der Waals surface area contributed by atoms with Gasteiger partial charge in [-0.2, -0.15) is 0 Å². The molecule has 0 saturated carbocycles. The number of hydrogen-bond acceptors (Lipinski definition) is 3. The Hall–Kier alpha value is -1.95. The molecule has 0 aliphatic rings. The van der Waals surface area contributed by atoms with Gasteiger partial charge in [-0.15, -0.1) is 11.3 Å². The van der Waals surface area contributed by atoms with Gasteiger partial charge in [0.1, 0.15) is 0 Å². The quantitative estimate of drug-likeness (QED) is 0.880. The summed E-state index contributed by atoms with van der Waals surface area (Å²) < 4.78 is 27.3. The van der Waals surface area contributed by atoms with E-state index < -0.39 is 23.2 Å². The fourth-order valence-corrected chi connectivity index (χ4v) is 2.78. The van der Waals surface area contributed by atoms with Crippen LogP contribution in [0, 0.1) is 11.6 Å². The second-order valence-electron chi connectivity index (χ2n) is 4.17. The number of nitrogens with one attached hydrogen (secondary N) is 1. The SMILES string of the molecule is CCc1ccsc1CNc1ccc(C(=O)O)c(F)c1F. The first-order valence-corrected chi connectivity index (χ1v) is 6.93. The molecule has 6 heteroatoms. The van der Waals surface area contributed by atoms with Crippen LogP contribution in [0.25, 0.3) is 0 Å². The normalized spacial score (nSPS) is 10.6. The van der Waals surface area contributed by atoms with Crippen LogP contribution in [0.4, 0.5) is 14.5 Å². The lowest BCUT2D eigenvalue weighted by molar-refractivity contribution is 0.0690. The maximum absolute atomic E-state index is 13.7. The van der Waals surface area contributed by atoms with E-state index in [0.717, 1.165) is 22.9 Å². The molecule has 0 bridgehead atoms. The van der Waals surface area contributed by atoms with Gasteiger partial charge in [0.05, 0.1) is 11.3 Å². The summed E-state index contributed by atoms with van der Waals surface area (Å²) in [6.07, 6.45) is 0.870. The van der Waals surface area contributed by atoms with Gasteiger partial charge in [0.15, 0.2) is 11.6 Å². The van der Waals surface area contributed by atoms with E-state index in [1.807, 2.05) is 18.4 Å². The number of anilines is 1. The Kier molecular flexibility index (Phi) is 4.34. The number of aryl methyl sites for hydroxylation is 1. The van der Waals surface area contributed by atoms with E-state index in [0.29, 0.717) is 6.54 Å². The number of halogens is 2. The van der Waals surface area contributed by atoms with Crippen molar-refractivity contribution in [1.29, 1.82) is 0 Å². The summed E-state index contributed by atoms with van der Waals surface area (Å²) >= 11 is 1.54. The molecule has 0 aliphatic carbocycles. The maximum Gasteiger partial charge on any atom is 0.338 e. The summed E-state index contributed by atoms with van der Waals surface area (Å²) in [7, 11) is 0. The first-order valence-electron chi connectivity index (χ1n) is 6.05. The van der Waals surface area contributed by atoms with Crippen LogP contribution in [0.15, 0.2) is 23.6 Å². The van der Waals surface area contributed by atoms with E-state index in [4.69, 9.17) is 5.11 Å². The molecular formula is C14H13F2NO2S. The maximum atomic E-state index is 13.7. The lowest BCUT2D eigenvalue weighted by atomic mass is 10.1. The first-order chi connectivity index (χ1) is 9.54. The zero-order valence-electron chi connectivity index (χ0n) is 10.7. The molecule has 0 saturated heterocycles. The van der Waals surface area contributed by atoms with Gasteiger partial charge in [0.2, 0.25) is 0 Å². The second kappa shape index (κ2) is 6.00. The minimum Gasteiger partial charge on any atom is -0.478 e. The molecule has 20 heavy (non-hydrogen) atoms. The van der Waals surface area contributed by atoms with Crippen molar-refractivity contribution in [1.82, 2.24) is 0 Å². The molecule has 0 unspecified atom stereocenters. The van der Waals surface area contributed by atoms with Crippen LogP contribution in [0.2, 0.25) is 0 Å². The predicted octanol–water partition coefficient (Wildman–Crippen LogP) is 3.90. The van der Waals surface area contributed by atoms with Crippen LogP contribution in [-0.2, 0) is 13.0 Å².